The summed E-state index contributed by atoms with van der Waals surface area (Å²) in [4.78, 5) is 11.9. The van der Waals surface area contributed by atoms with Crippen molar-refractivity contribution < 1.29 is 22.4 Å². The highest BCUT2D eigenvalue weighted by molar-refractivity contribution is 6.05. The Labute approximate surface area is 118 Å². The van der Waals surface area contributed by atoms with Gasteiger partial charge in [0, 0.05) is 0 Å². The van der Waals surface area contributed by atoms with Gasteiger partial charge < -0.3 is 5.32 Å². The second-order valence-electron chi connectivity index (χ2n) is 4.43. The molecule has 0 aromatic heterocycles. The third-order valence-electron chi connectivity index (χ3n) is 2.92. The SMILES string of the molecule is Cc1cccc(C(=O)Nc2ccccc2C(F)(F)F)c1F. The highest BCUT2D eigenvalue weighted by Crippen LogP contribution is 2.34. The van der Waals surface area contributed by atoms with Crippen molar-refractivity contribution in [2.45, 2.75) is 13.1 Å². The van der Waals surface area contributed by atoms with E-state index in [0.717, 1.165) is 12.1 Å². The normalized spacial score (nSPS) is 11.3. The van der Waals surface area contributed by atoms with E-state index in [4.69, 9.17) is 0 Å². The van der Waals surface area contributed by atoms with E-state index < -0.39 is 29.2 Å². The predicted molar refractivity (Wildman–Crippen MR) is 70.5 cm³/mol. The van der Waals surface area contributed by atoms with Gasteiger partial charge in [-0.05, 0) is 30.7 Å². The molecule has 0 atom stereocenters. The summed E-state index contributed by atoms with van der Waals surface area (Å²) in [5.74, 6) is -1.67. The highest BCUT2D eigenvalue weighted by Gasteiger charge is 2.33. The molecule has 0 heterocycles. The third kappa shape index (κ3) is 3.21. The summed E-state index contributed by atoms with van der Waals surface area (Å²) in [5.41, 5.74) is -1.44. The van der Waals surface area contributed by atoms with Gasteiger partial charge in [0.05, 0.1) is 16.8 Å². The van der Waals surface area contributed by atoms with Crippen LogP contribution in [0.25, 0.3) is 0 Å². The molecule has 0 unspecified atom stereocenters. The topological polar surface area (TPSA) is 29.1 Å². The molecule has 1 amide bonds. The Kier molecular flexibility index (Phi) is 3.97. The summed E-state index contributed by atoms with van der Waals surface area (Å²) in [7, 11) is 0. The van der Waals surface area contributed by atoms with Gasteiger partial charge in [-0.1, -0.05) is 24.3 Å². The molecule has 2 nitrogen and oxygen atoms in total. The summed E-state index contributed by atoms with van der Waals surface area (Å²) in [6, 6.07) is 8.69. The molecule has 21 heavy (non-hydrogen) atoms. The Balaban J connectivity index is 2.35. The minimum absolute atomic E-state index is 0.242. The Morgan fingerprint density at radius 2 is 1.71 bits per heavy atom. The van der Waals surface area contributed by atoms with Crippen LogP contribution in [-0.4, -0.2) is 5.91 Å². The van der Waals surface area contributed by atoms with E-state index in [0.29, 0.717) is 0 Å². The highest BCUT2D eigenvalue weighted by atomic mass is 19.4. The van der Waals surface area contributed by atoms with E-state index in [1.807, 2.05) is 0 Å². The molecule has 0 saturated carbocycles. The fourth-order valence-corrected chi connectivity index (χ4v) is 1.85. The van der Waals surface area contributed by atoms with Crippen molar-refractivity contribution in [2.24, 2.45) is 0 Å². The van der Waals surface area contributed by atoms with Crippen LogP contribution in [0.3, 0.4) is 0 Å². The molecule has 0 saturated heterocycles. The first kappa shape index (κ1) is 15.0. The molecule has 0 spiro atoms. The number of benzene rings is 2. The summed E-state index contributed by atoms with van der Waals surface area (Å²) < 4.78 is 52.3. The lowest BCUT2D eigenvalue weighted by Gasteiger charge is -2.14. The molecular formula is C15H11F4NO. The third-order valence-corrected chi connectivity index (χ3v) is 2.92. The Hall–Kier alpha value is -2.37. The maximum absolute atomic E-state index is 13.8. The van der Waals surface area contributed by atoms with Crippen LogP contribution < -0.4 is 5.32 Å². The van der Waals surface area contributed by atoms with Gasteiger partial charge in [-0.25, -0.2) is 4.39 Å². The van der Waals surface area contributed by atoms with Crippen LogP contribution in [0.1, 0.15) is 21.5 Å². The molecule has 2 rings (SSSR count). The summed E-state index contributed by atoms with van der Waals surface area (Å²) in [6.45, 7) is 1.47. The Morgan fingerprint density at radius 1 is 1.05 bits per heavy atom. The number of hydrogen-bond donors (Lipinski definition) is 1. The van der Waals surface area contributed by atoms with Crippen molar-refractivity contribution in [3.8, 4) is 0 Å². The number of para-hydroxylation sites is 1. The minimum atomic E-state index is -4.60. The van der Waals surface area contributed by atoms with Crippen molar-refractivity contribution in [3.05, 3.63) is 65.0 Å². The molecule has 2 aromatic rings. The lowest BCUT2D eigenvalue weighted by atomic mass is 10.1. The first-order chi connectivity index (χ1) is 9.80. The zero-order valence-corrected chi connectivity index (χ0v) is 11.0. The van der Waals surface area contributed by atoms with Crippen LogP contribution in [0.5, 0.6) is 0 Å². The van der Waals surface area contributed by atoms with Gasteiger partial charge in [-0.15, -0.1) is 0 Å². The number of hydrogen-bond acceptors (Lipinski definition) is 1. The van der Waals surface area contributed by atoms with Crippen molar-refractivity contribution in [1.29, 1.82) is 0 Å². The van der Waals surface area contributed by atoms with Crippen LogP contribution in [0, 0.1) is 12.7 Å². The number of carbonyl (C=O) groups is 1. The zero-order valence-electron chi connectivity index (χ0n) is 11.0. The molecule has 0 aliphatic rings. The average molecular weight is 297 g/mol. The van der Waals surface area contributed by atoms with Gasteiger partial charge >= 0.3 is 6.18 Å². The van der Waals surface area contributed by atoms with Crippen LogP contribution in [0.4, 0.5) is 23.2 Å². The Bertz CT molecular complexity index is 680. The van der Waals surface area contributed by atoms with Crippen LogP contribution >= 0.6 is 0 Å². The van der Waals surface area contributed by atoms with E-state index >= 15 is 0 Å². The number of nitrogens with one attached hydrogen (secondary N) is 1. The van der Waals surface area contributed by atoms with Gasteiger partial charge in [0.25, 0.3) is 5.91 Å². The quantitative estimate of drug-likeness (QED) is 0.818. The average Bonchev–Trinajstić information content (AvgIpc) is 2.41. The summed E-state index contributed by atoms with van der Waals surface area (Å²) in [5, 5.41) is 2.10. The second kappa shape index (κ2) is 5.55. The maximum Gasteiger partial charge on any atom is 0.418 e. The Morgan fingerprint density at radius 3 is 2.38 bits per heavy atom. The van der Waals surface area contributed by atoms with Gasteiger partial charge in [0.2, 0.25) is 0 Å². The van der Waals surface area contributed by atoms with E-state index in [2.05, 4.69) is 5.32 Å². The molecule has 110 valence electrons. The standard InChI is InChI=1S/C15H11F4NO/c1-9-5-4-6-10(13(9)16)14(21)20-12-8-3-2-7-11(12)15(17,18)19/h2-8H,1H3,(H,20,21). The first-order valence-electron chi connectivity index (χ1n) is 6.03. The number of carbonyl (C=O) groups excluding carboxylic acids is 1. The van der Waals surface area contributed by atoms with Gasteiger partial charge in [-0.3, -0.25) is 4.79 Å². The van der Waals surface area contributed by atoms with Crippen molar-refractivity contribution in [2.75, 3.05) is 5.32 Å². The number of halogens is 4. The van der Waals surface area contributed by atoms with Crippen molar-refractivity contribution in [3.63, 3.8) is 0 Å². The number of alkyl halides is 3. The van der Waals surface area contributed by atoms with Crippen LogP contribution in [0.15, 0.2) is 42.5 Å². The number of amides is 1. The number of aryl methyl sites for hydroxylation is 1. The lowest BCUT2D eigenvalue weighted by Crippen LogP contribution is -2.18. The lowest BCUT2D eigenvalue weighted by molar-refractivity contribution is -0.136. The van der Waals surface area contributed by atoms with Gasteiger partial charge in [-0.2, -0.15) is 13.2 Å². The van der Waals surface area contributed by atoms with Crippen LogP contribution in [0.2, 0.25) is 0 Å². The molecule has 0 fully saturated rings. The van der Waals surface area contributed by atoms with Gasteiger partial charge in [0.15, 0.2) is 0 Å². The zero-order chi connectivity index (χ0) is 15.6. The van der Waals surface area contributed by atoms with Crippen molar-refractivity contribution >= 4 is 11.6 Å². The van der Waals surface area contributed by atoms with E-state index in [1.54, 1.807) is 0 Å². The van der Waals surface area contributed by atoms with Crippen molar-refractivity contribution in [1.82, 2.24) is 0 Å². The minimum Gasteiger partial charge on any atom is -0.321 e. The summed E-state index contributed by atoms with van der Waals surface area (Å²) >= 11 is 0. The van der Waals surface area contributed by atoms with E-state index in [1.165, 1.54) is 37.3 Å². The number of rotatable bonds is 2. The molecule has 1 N–H and O–H groups in total. The molecule has 2 aromatic carbocycles. The van der Waals surface area contributed by atoms with Gasteiger partial charge in [0.1, 0.15) is 5.82 Å². The summed E-state index contributed by atoms with van der Waals surface area (Å²) in [6.07, 6.45) is -4.60. The predicted octanol–water partition coefficient (Wildman–Crippen LogP) is 4.41. The molecule has 0 aliphatic carbocycles. The largest absolute Gasteiger partial charge is 0.418 e. The molecular weight excluding hydrogens is 286 g/mol. The molecule has 0 bridgehead atoms. The van der Waals surface area contributed by atoms with E-state index in [9.17, 15) is 22.4 Å². The second-order valence-corrected chi connectivity index (χ2v) is 4.43. The smallest absolute Gasteiger partial charge is 0.321 e. The molecule has 0 radical (unpaired) electrons. The fourth-order valence-electron chi connectivity index (χ4n) is 1.85. The number of anilines is 1. The molecule has 6 heteroatoms. The van der Waals surface area contributed by atoms with Crippen LogP contribution in [-0.2, 0) is 6.18 Å². The monoisotopic (exact) mass is 297 g/mol. The van der Waals surface area contributed by atoms with E-state index in [-0.39, 0.29) is 11.1 Å². The first-order valence-corrected chi connectivity index (χ1v) is 6.03. The maximum atomic E-state index is 13.8. The molecule has 0 aliphatic heterocycles. The fraction of sp³-hybridized carbons (Fsp3) is 0.133.